The van der Waals surface area contributed by atoms with Crippen LogP contribution in [0.3, 0.4) is 0 Å². The van der Waals surface area contributed by atoms with E-state index in [1.807, 2.05) is 6.92 Å². The van der Waals surface area contributed by atoms with Crippen LogP contribution in [-0.2, 0) is 19.4 Å². The molecule has 0 aliphatic carbocycles. The molecule has 0 saturated carbocycles. The number of rotatable bonds is 7. The molecule has 1 fully saturated rings. The Morgan fingerprint density at radius 1 is 1.10 bits per heavy atom. The third-order valence-electron chi connectivity index (χ3n) is 5.20. The van der Waals surface area contributed by atoms with Crippen molar-refractivity contribution >= 4 is 27.3 Å². The fourth-order valence-corrected chi connectivity index (χ4v) is 4.70. The minimum atomic E-state index is -3.55. The summed E-state index contributed by atoms with van der Waals surface area (Å²) in [6, 6.07) is 12.9. The molecule has 8 heteroatoms. The summed E-state index contributed by atoms with van der Waals surface area (Å²) in [4.78, 5) is 27.1. The number of anilines is 1. The van der Waals surface area contributed by atoms with Gasteiger partial charge in [-0.05, 0) is 56.2 Å². The molecule has 1 aliphatic heterocycles. The first-order valence-corrected chi connectivity index (χ1v) is 11.5. The number of nitrogens with one attached hydrogen (secondary N) is 1. The van der Waals surface area contributed by atoms with Crippen LogP contribution in [0, 0.1) is 6.92 Å². The zero-order chi connectivity index (χ0) is 21.7. The molecule has 1 unspecified atom stereocenters. The number of aryl methyl sites for hydroxylation is 1. The van der Waals surface area contributed by atoms with E-state index in [0.29, 0.717) is 30.8 Å². The van der Waals surface area contributed by atoms with E-state index in [1.165, 1.54) is 4.90 Å². The molecule has 30 heavy (non-hydrogen) atoms. The number of methoxy groups -OCH3 is 1. The van der Waals surface area contributed by atoms with Crippen molar-refractivity contribution in [1.82, 2.24) is 4.90 Å². The van der Waals surface area contributed by atoms with Gasteiger partial charge < -0.3 is 15.0 Å². The number of nitrogens with zero attached hydrogens (tertiary/aromatic N) is 1. The molecule has 7 nitrogen and oxygen atoms in total. The Balaban J connectivity index is 1.60. The van der Waals surface area contributed by atoms with Gasteiger partial charge in [0.15, 0.2) is 9.84 Å². The van der Waals surface area contributed by atoms with Gasteiger partial charge in [-0.1, -0.05) is 17.7 Å². The Kier molecular flexibility index (Phi) is 6.77. The van der Waals surface area contributed by atoms with Gasteiger partial charge in [-0.15, -0.1) is 0 Å². The number of amides is 2. The molecule has 1 aliphatic rings. The van der Waals surface area contributed by atoms with Gasteiger partial charge in [0.1, 0.15) is 11.8 Å². The lowest BCUT2D eigenvalue weighted by Crippen LogP contribution is -2.43. The SMILES string of the molecule is COc1ccc(NC(=O)C2CCCN2C(=O)CCS(=O)(=O)c2ccc(C)cc2)cc1. The summed E-state index contributed by atoms with van der Waals surface area (Å²) in [5.41, 5.74) is 1.58. The van der Waals surface area contributed by atoms with Crippen LogP contribution in [0.25, 0.3) is 0 Å². The average molecular weight is 431 g/mol. The minimum absolute atomic E-state index is 0.150. The summed E-state index contributed by atoms with van der Waals surface area (Å²) in [5, 5.41) is 2.82. The van der Waals surface area contributed by atoms with E-state index in [-0.39, 0.29) is 28.9 Å². The summed E-state index contributed by atoms with van der Waals surface area (Å²) in [5.74, 6) is -0.191. The highest BCUT2D eigenvalue weighted by Gasteiger charge is 2.34. The number of hydrogen-bond acceptors (Lipinski definition) is 5. The lowest BCUT2D eigenvalue weighted by Gasteiger charge is -2.24. The maximum atomic E-state index is 12.7. The van der Waals surface area contributed by atoms with E-state index in [0.717, 1.165) is 5.56 Å². The van der Waals surface area contributed by atoms with E-state index in [9.17, 15) is 18.0 Å². The Hall–Kier alpha value is -2.87. The quantitative estimate of drug-likeness (QED) is 0.729. The van der Waals surface area contributed by atoms with E-state index in [2.05, 4.69) is 5.32 Å². The number of likely N-dealkylation sites (tertiary alicyclic amines) is 1. The third kappa shape index (κ3) is 5.18. The molecule has 2 aromatic carbocycles. The number of sulfone groups is 1. The van der Waals surface area contributed by atoms with E-state index >= 15 is 0 Å². The molecule has 1 saturated heterocycles. The molecule has 2 amide bonds. The lowest BCUT2D eigenvalue weighted by molar-refractivity contribution is -0.136. The van der Waals surface area contributed by atoms with E-state index < -0.39 is 15.9 Å². The van der Waals surface area contributed by atoms with Crippen LogP contribution >= 0.6 is 0 Å². The van der Waals surface area contributed by atoms with Gasteiger partial charge in [0.05, 0.1) is 17.8 Å². The monoisotopic (exact) mass is 430 g/mol. The third-order valence-corrected chi connectivity index (χ3v) is 6.93. The van der Waals surface area contributed by atoms with Gasteiger partial charge in [-0.3, -0.25) is 9.59 Å². The van der Waals surface area contributed by atoms with Gasteiger partial charge in [-0.2, -0.15) is 0 Å². The fraction of sp³-hybridized carbons (Fsp3) is 0.364. The molecule has 0 bridgehead atoms. The van der Waals surface area contributed by atoms with E-state index in [1.54, 1.807) is 55.6 Å². The molecule has 0 radical (unpaired) electrons. The number of hydrogen-bond donors (Lipinski definition) is 1. The highest BCUT2D eigenvalue weighted by molar-refractivity contribution is 7.91. The standard InChI is InChI=1S/C22H26N2O5S/c1-16-5-11-19(12-6-16)30(27,28)15-13-21(25)24-14-3-4-20(24)22(26)23-17-7-9-18(29-2)10-8-17/h5-12,20H,3-4,13-15H2,1-2H3,(H,23,26). The van der Waals surface area contributed by atoms with Gasteiger partial charge in [-0.25, -0.2) is 8.42 Å². The van der Waals surface area contributed by atoms with Crippen molar-refractivity contribution in [2.24, 2.45) is 0 Å². The average Bonchev–Trinajstić information content (AvgIpc) is 3.23. The molecular weight excluding hydrogens is 404 g/mol. The molecule has 1 N–H and O–H groups in total. The van der Waals surface area contributed by atoms with Crippen molar-refractivity contribution in [3.63, 3.8) is 0 Å². The van der Waals surface area contributed by atoms with Crippen molar-refractivity contribution in [3.05, 3.63) is 54.1 Å². The van der Waals surface area contributed by atoms with Crippen molar-refractivity contribution < 1.29 is 22.7 Å². The Morgan fingerprint density at radius 3 is 2.40 bits per heavy atom. The molecule has 0 spiro atoms. The first-order valence-electron chi connectivity index (χ1n) is 9.84. The summed E-state index contributed by atoms with van der Waals surface area (Å²) >= 11 is 0. The van der Waals surface area contributed by atoms with Crippen LogP contribution in [0.1, 0.15) is 24.8 Å². The second-order valence-corrected chi connectivity index (χ2v) is 9.45. The number of ether oxygens (including phenoxy) is 1. The van der Waals surface area contributed by atoms with Gasteiger partial charge >= 0.3 is 0 Å². The maximum absolute atomic E-state index is 12.7. The van der Waals surface area contributed by atoms with Crippen LogP contribution in [0.15, 0.2) is 53.4 Å². The summed E-state index contributed by atoms with van der Waals surface area (Å²) in [6.45, 7) is 2.33. The van der Waals surface area contributed by atoms with Gasteiger partial charge in [0, 0.05) is 18.7 Å². The largest absolute Gasteiger partial charge is 0.497 e. The zero-order valence-corrected chi connectivity index (χ0v) is 17.9. The molecule has 1 atom stereocenters. The topological polar surface area (TPSA) is 92.8 Å². The smallest absolute Gasteiger partial charge is 0.247 e. The predicted molar refractivity (Wildman–Crippen MR) is 114 cm³/mol. The Bertz CT molecular complexity index is 1000. The van der Waals surface area contributed by atoms with Crippen LogP contribution in [-0.4, -0.2) is 50.6 Å². The summed E-state index contributed by atoms with van der Waals surface area (Å²) in [6.07, 6.45) is 1.11. The number of benzene rings is 2. The Labute approximate surface area is 177 Å². The van der Waals surface area contributed by atoms with E-state index in [4.69, 9.17) is 4.74 Å². The number of carbonyl (C=O) groups is 2. The van der Waals surface area contributed by atoms with Gasteiger partial charge in [0.25, 0.3) is 0 Å². The van der Waals surface area contributed by atoms with Crippen molar-refractivity contribution in [3.8, 4) is 5.75 Å². The van der Waals surface area contributed by atoms with Crippen molar-refractivity contribution in [1.29, 1.82) is 0 Å². The molecule has 1 heterocycles. The highest BCUT2D eigenvalue weighted by atomic mass is 32.2. The second-order valence-electron chi connectivity index (χ2n) is 7.34. The van der Waals surface area contributed by atoms with Crippen LogP contribution in [0.5, 0.6) is 5.75 Å². The minimum Gasteiger partial charge on any atom is -0.497 e. The molecule has 2 aromatic rings. The van der Waals surface area contributed by atoms with Crippen LogP contribution < -0.4 is 10.1 Å². The molecule has 160 valence electrons. The fourth-order valence-electron chi connectivity index (χ4n) is 3.47. The van der Waals surface area contributed by atoms with Gasteiger partial charge in [0.2, 0.25) is 11.8 Å². The predicted octanol–water partition coefficient (Wildman–Crippen LogP) is 2.80. The zero-order valence-electron chi connectivity index (χ0n) is 17.1. The lowest BCUT2D eigenvalue weighted by atomic mass is 10.2. The van der Waals surface area contributed by atoms with Crippen molar-refractivity contribution in [2.75, 3.05) is 24.7 Å². The molecular formula is C22H26N2O5S. The molecule has 0 aromatic heterocycles. The summed E-state index contributed by atoms with van der Waals surface area (Å²) in [7, 11) is -1.99. The van der Waals surface area contributed by atoms with Crippen LogP contribution in [0.2, 0.25) is 0 Å². The normalized spacial score (nSPS) is 16.3. The van der Waals surface area contributed by atoms with Crippen LogP contribution in [0.4, 0.5) is 5.69 Å². The van der Waals surface area contributed by atoms with Crippen molar-refractivity contribution in [2.45, 2.75) is 37.1 Å². The highest BCUT2D eigenvalue weighted by Crippen LogP contribution is 2.22. The molecule has 3 rings (SSSR count). The first-order chi connectivity index (χ1) is 14.3. The summed E-state index contributed by atoms with van der Waals surface area (Å²) < 4.78 is 30.1. The second kappa shape index (κ2) is 9.30. The number of carbonyl (C=O) groups excluding carboxylic acids is 2. The Morgan fingerprint density at radius 2 is 1.77 bits per heavy atom. The first kappa shape index (κ1) is 21.8. The maximum Gasteiger partial charge on any atom is 0.247 e.